The quantitative estimate of drug-likeness (QED) is 0.508. The zero-order valence-corrected chi connectivity index (χ0v) is 21.9. The largest absolute Gasteiger partial charge is 0.379 e. The molecule has 4 nitrogen and oxygen atoms in total. The van der Waals surface area contributed by atoms with Crippen molar-refractivity contribution in [1.29, 1.82) is 0 Å². The highest BCUT2D eigenvalue weighted by Gasteiger charge is 2.44. The lowest BCUT2D eigenvalue weighted by atomic mass is 9.68. The summed E-state index contributed by atoms with van der Waals surface area (Å²) in [7, 11) is 0. The van der Waals surface area contributed by atoms with E-state index in [2.05, 4.69) is 58.3 Å². The average molecular weight is 437 g/mol. The van der Waals surface area contributed by atoms with Gasteiger partial charge in [0.2, 0.25) is 0 Å². The first-order valence-electron chi connectivity index (χ1n) is 13.1. The summed E-state index contributed by atoms with van der Waals surface area (Å²) in [6, 6.07) is 0. The van der Waals surface area contributed by atoms with Crippen LogP contribution in [0.4, 0.5) is 0 Å². The van der Waals surface area contributed by atoms with Crippen molar-refractivity contribution in [3.8, 4) is 0 Å². The lowest BCUT2D eigenvalue weighted by Crippen LogP contribution is -2.57. The van der Waals surface area contributed by atoms with Crippen molar-refractivity contribution in [2.24, 2.45) is 10.8 Å². The fourth-order valence-corrected chi connectivity index (χ4v) is 7.23. The third-order valence-corrected chi connectivity index (χ3v) is 8.01. The first-order valence-corrected chi connectivity index (χ1v) is 13.1. The van der Waals surface area contributed by atoms with E-state index in [0.717, 1.165) is 46.0 Å². The molecule has 0 aromatic carbocycles. The van der Waals surface area contributed by atoms with Crippen molar-refractivity contribution in [2.45, 2.75) is 117 Å². The molecular weight excluding hydrogens is 384 g/mol. The van der Waals surface area contributed by atoms with E-state index in [4.69, 9.17) is 9.47 Å². The highest BCUT2D eigenvalue weighted by Crippen LogP contribution is 2.45. The average Bonchev–Trinajstić information content (AvgIpc) is 2.67. The van der Waals surface area contributed by atoms with E-state index in [0.29, 0.717) is 17.1 Å². The van der Waals surface area contributed by atoms with Crippen molar-refractivity contribution < 1.29 is 9.47 Å². The first kappa shape index (κ1) is 25.5. The van der Waals surface area contributed by atoms with Crippen LogP contribution in [-0.2, 0) is 9.47 Å². The van der Waals surface area contributed by atoms with Gasteiger partial charge in [0.15, 0.2) is 0 Å². The molecule has 1 atom stereocenters. The number of ether oxygens (including phenoxy) is 2. The summed E-state index contributed by atoms with van der Waals surface area (Å²) >= 11 is 0. The predicted octanol–water partition coefficient (Wildman–Crippen LogP) is 5.74. The van der Waals surface area contributed by atoms with E-state index in [1.165, 1.54) is 51.4 Å². The zero-order valence-electron chi connectivity index (χ0n) is 21.9. The van der Waals surface area contributed by atoms with Crippen LogP contribution in [0.25, 0.3) is 0 Å². The van der Waals surface area contributed by atoms with Crippen LogP contribution in [-0.4, -0.2) is 73.0 Å². The molecule has 0 radical (unpaired) electrons. The molecule has 3 aliphatic rings. The van der Waals surface area contributed by atoms with E-state index in [-0.39, 0.29) is 11.0 Å². The molecule has 0 spiro atoms. The molecule has 3 rings (SSSR count). The van der Waals surface area contributed by atoms with Gasteiger partial charge < -0.3 is 9.47 Å². The first-order chi connectivity index (χ1) is 14.4. The lowest BCUT2D eigenvalue weighted by Gasteiger charge is -2.52. The predicted molar refractivity (Wildman–Crippen MR) is 131 cm³/mol. The third kappa shape index (κ3) is 7.16. The van der Waals surface area contributed by atoms with Gasteiger partial charge >= 0.3 is 0 Å². The van der Waals surface area contributed by atoms with E-state index in [1.807, 2.05) is 0 Å². The Morgan fingerprint density at radius 1 is 0.839 bits per heavy atom. The van der Waals surface area contributed by atoms with Crippen LogP contribution in [0.2, 0.25) is 0 Å². The van der Waals surface area contributed by atoms with Gasteiger partial charge in [0.1, 0.15) is 0 Å². The minimum atomic E-state index is 0.225. The van der Waals surface area contributed by atoms with E-state index >= 15 is 0 Å². The normalized spacial score (nSPS) is 27.4. The van der Waals surface area contributed by atoms with Gasteiger partial charge in [-0.3, -0.25) is 9.80 Å². The fraction of sp³-hybridized carbons (Fsp3) is 1.00. The van der Waals surface area contributed by atoms with Crippen LogP contribution in [0.5, 0.6) is 0 Å². The molecule has 3 fully saturated rings. The van der Waals surface area contributed by atoms with Crippen LogP contribution >= 0.6 is 0 Å². The maximum atomic E-state index is 6.36. The molecule has 1 unspecified atom stereocenters. The maximum absolute atomic E-state index is 6.36. The van der Waals surface area contributed by atoms with Crippen LogP contribution in [0.3, 0.4) is 0 Å². The molecular formula is C27H52N2O2. The summed E-state index contributed by atoms with van der Waals surface area (Å²) in [4.78, 5) is 5.51. The number of hydrogen-bond acceptors (Lipinski definition) is 4. The number of morpholine rings is 2. The highest BCUT2D eigenvalue weighted by molar-refractivity contribution is 4.99. The monoisotopic (exact) mass is 436 g/mol. The molecule has 1 saturated carbocycles. The van der Waals surface area contributed by atoms with Crippen LogP contribution in [0.1, 0.15) is 99.8 Å². The van der Waals surface area contributed by atoms with Gasteiger partial charge in [-0.15, -0.1) is 0 Å². The van der Waals surface area contributed by atoms with Crippen molar-refractivity contribution in [2.75, 3.05) is 46.0 Å². The Bertz CT molecular complexity index is 554. The van der Waals surface area contributed by atoms with E-state index < -0.39 is 0 Å². The smallest absolute Gasteiger partial charge is 0.0707 e. The lowest BCUT2D eigenvalue weighted by molar-refractivity contribution is -0.0942. The van der Waals surface area contributed by atoms with Crippen molar-refractivity contribution in [1.82, 2.24) is 9.80 Å². The molecule has 182 valence electrons. The van der Waals surface area contributed by atoms with Gasteiger partial charge in [-0.25, -0.2) is 0 Å². The summed E-state index contributed by atoms with van der Waals surface area (Å²) in [5, 5.41) is 0. The Morgan fingerprint density at radius 3 is 2.10 bits per heavy atom. The molecule has 31 heavy (non-hydrogen) atoms. The Hall–Kier alpha value is -0.160. The van der Waals surface area contributed by atoms with Gasteiger partial charge in [-0.2, -0.15) is 0 Å². The van der Waals surface area contributed by atoms with Gasteiger partial charge in [0, 0.05) is 37.3 Å². The topological polar surface area (TPSA) is 24.9 Å². The van der Waals surface area contributed by atoms with Crippen molar-refractivity contribution in [3.63, 3.8) is 0 Å². The summed E-state index contributed by atoms with van der Waals surface area (Å²) in [5.74, 6) is 0. The summed E-state index contributed by atoms with van der Waals surface area (Å²) in [5.41, 5.74) is 1.24. The summed E-state index contributed by atoms with van der Waals surface area (Å²) in [6.07, 6.45) is 11.0. The molecule has 0 N–H and O–H groups in total. The van der Waals surface area contributed by atoms with Gasteiger partial charge in [0.05, 0.1) is 25.9 Å². The Balaban J connectivity index is 1.64. The van der Waals surface area contributed by atoms with Crippen LogP contribution < -0.4 is 0 Å². The second-order valence-corrected chi connectivity index (χ2v) is 13.4. The Morgan fingerprint density at radius 2 is 1.48 bits per heavy atom. The SMILES string of the molecule is CC(C)(C)CC(C)(C)N1CCOC(CC(C)(C)CC2(N3CCOCC3)CCCCC2)C1. The minimum Gasteiger partial charge on any atom is -0.379 e. The summed E-state index contributed by atoms with van der Waals surface area (Å²) < 4.78 is 12.1. The molecule has 0 aromatic heterocycles. The van der Waals surface area contributed by atoms with Crippen molar-refractivity contribution >= 4 is 0 Å². The van der Waals surface area contributed by atoms with Crippen LogP contribution in [0, 0.1) is 10.8 Å². The standard InChI is InChI=1S/C27H52N2O2/c1-24(2,3)21-26(6,7)29-15-18-31-23(20-29)19-25(4,5)22-27(11-9-8-10-12-27)28-13-16-30-17-14-28/h23H,8-22H2,1-7H3. The van der Waals surface area contributed by atoms with Crippen LogP contribution in [0.15, 0.2) is 0 Å². The second kappa shape index (κ2) is 9.99. The molecule has 0 bridgehead atoms. The third-order valence-electron chi connectivity index (χ3n) is 8.01. The van der Waals surface area contributed by atoms with Gasteiger partial charge in [0.25, 0.3) is 0 Å². The Kier molecular flexibility index (Phi) is 8.21. The minimum absolute atomic E-state index is 0.225. The molecule has 4 heteroatoms. The van der Waals surface area contributed by atoms with Gasteiger partial charge in [-0.1, -0.05) is 53.9 Å². The molecule has 2 aliphatic heterocycles. The molecule has 2 saturated heterocycles. The fourth-order valence-electron chi connectivity index (χ4n) is 7.23. The highest BCUT2D eigenvalue weighted by atomic mass is 16.5. The zero-order chi connectivity index (χ0) is 22.8. The second-order valence-electron chi connectivity index (χ2n) is 13.4. The Labute approximate surface area is 193 Å². The van der Waals surface area contributed by atoms with Crippen molar-refractivity contribution in [3.05, 3.63) is 0 Å². The summed E-state index contributed by atoms with van der Waals surface area (Å²) in [6.45, 7) is 24.0. The molecule has 1 aliphatic carbocycles. The maximum Gasteiger partial charge on any atom is 0.0707 e. The molecule has 0 aromatic rings. The number of hydrogen-bond donors (Lipinski definition) is 0. The van der Waals surface area contributed by atoms with Gasteiger partial charge in [-0.05, 0) is 56.8 Å². The number of nitrogens with zero attached hydrogens (tertiary/aromatic N) is 2. The van der Waals surface area contributed by atoms with E-state index in [1.54, 1.807) is 0 Å². The van der Waals surface area contributed by atoms with E-state index in [9.17, 15) is 0 Å². The molecule has 0 amide bonds. The molecule has 2 heterocycles. The number of rotatable bonds is 7.